The van der Waals surface area contributed by atoms with Gasteiger partial charge in [-0.2, -0.15) is 0 Å². The quantitative estimate of drug-likeness (QED) is 0.684. The number of nitrogens with one attached hydrogen (secondary N) is 1. The number of phenolic OH excluding ortho intramolecular Hbond substituents is 1. The number of piperidine rings is 1. The van der Waals surface area contributed by atoms with Crippen LogP contribution in [0.2, 0.25) is 0 Å². The second kappa shape index (κ2) is 7.65. The molecule has 5 rings (SSSR count). The molecule has 1 spiro atoms. The van der Waals surface area contributed by atoms with Crippen molar-refractivity contribution in [2.75, 3.05) is 13.1 Å². The lowest BCUT2D eigenvalue weighted by molar-refractivity contribution is -0.132. The van der Waals surface area contributed by atoms with E-state index >= 15 is 0 Å². The maximum atomic E-state index is 13.0. The molecule has 0 bridgehead atoms. The summed E-state index contributed by atoms with van der Waals surface area (Å²) in [6.45, 7) is 1.23. The molecule has 1 unspecified atom stereocenters. The predicted octanol–water partition coefficient (Wildman–Crippen LogP) is 2.59. The first kappa shape index (κ1) is 19.5. The van der Waals surface area contributed by atoms with Gasteiger partial charge in [0, 0.05) is 47.6 Å². The van der Waals surface area contributed by atoms with Gasteiger partial charge in [0.25, 0.3) is 5.56 Å². The molecule has 7 heteroatoms. The topological polar surface area (TPSA) is 99.2 Å². The first-order valence-electron chi connectivity index (χ1n) is 10.6. The number of aromatic hydroxyl groups is 1. The number of H-pyrrole nitrogens is 1. The van der Waals surface area contributed by atoms with Crippen LogP contribution in [0.3, 0.4) is 0 Å². The van der Waals surface area contributed by atoms with Crippen molar-refractivity contribution < 1.29 is 9.90 Å². The van der Waals surface area contributed by atoms with Crippen LogP contribution in [0.4, 0.5) is 0 Å². The van der Waals surface area contributed by atoms with Crippen LogP contribution >= 0.6 is 0 Å². The van der Waals surface area contributed by atoms with E-state index in [4.69, 9.17) is 4.98 Å². The Kier molecular flexibility index (Phi) is 4.81. The maximum Gasteiger partial charge on any atom is 0.254 e. The standard InChI is InChI=1S/C24H24N4O3/c29-19-7-2-1-5-16(19)13-20(30)28-12-4-9-24(15-28)10-8-18-21(24)26-22(27-23(18)31)17-6-3-11-25-14-17/h1-3,5-7,11,14,29H,4,8-10,12-13,15H2,(H,26,27,31). The minimum Gasteiger partial charge on any atom is -0.508 e. The van der Waals surface area contributed by atoms with E-state index in [2.05, 4.69) is 9.97 Å². The fourth-order valence-electron chi connectivity index (χ4n) is 4.97. The van der Waals surface area contributed by atoms with Gasteiger partial charge in [-0.1, -0.05) is 18.2 Å². The summed E-state index contributed by atoms with van der Waals surface area (Å²) in [4.78, 5) is 39.6. The molecule has 1 aliphatic heterocycles. The number of hydrogen-bond donors (Lipinski definition) is 2. The Bertz CT molecular complexity index is 1190. The summed E-state index contributed by atoms with van der Waals surface area (Å²) in [5.74, 6) is 0.658. The molecule has 3 aromatic rings. The molecule has 1 saturated heterocycles. The van der Waals surface area contributed by atoms with Crippen LogP contribution < -0.4 is 5.56 Å². The van der Waals surface area contributed by atoms with E-state index in [1.54, 1.807) is 30.6 Å². The van der Waals surface area contributed by atoms with Crippen molar-refractivity contribution in [3.8, 4) is 17.1 Å². The average Bonchev–Trinajstić information content (AvgIpc) is 3.14. The van der Waals surface area contributed by atoms with Gasteiger partial charge >= 0.3 is 0 Å². The van der Waals surface area contributed by atoms with Crippen LogP contribution in [-0.4, -0.2) is 44.0 Å². The highest BCUT2D eigenvalue weighted by Gasteiger charge is 2.45. The number of phenols is 1. The zero-order chi connectivity index (χ0) is 21.4. The minimum atomic E-state index is -0.298. The molecule has 0 radical (unpaired) electrons. The molecule has 0 saturated carbocycles. The first-order valence-corrected chi connectivity index (χ1v) is 10.6. The highest BCUT2D eigenvalue weighted by molar-refractivity contribution is 5.79. The predicted molar refractivity (Wildman–Crippen MR) is 116 cm³/mol. The number of amides is 1. The fourth-order valence-corrected chi connectivity index (χ4v) is 4.97. The van der Waals surface area contributed by atoms with Crippen molar-refractivity contribution >= 4 is 5.91 Å². The van der Waals surface area contributed by atoms with Gasteiger partial charge in [0.1, 0.15) is 11.6 Å². The minimum absolute atomic E-state index is 0.00801. The molecule has 31 heavy (non-hydrogen) atoms. The summed E-state index contributed by atoms with van der Waals surface area (Å²) in [5.41, 5.74) is 2.57. The Morgan fingerprint density at radius 2 is 2.06 bits per heavy atom. The number of para-hydroxylation sites is 1. The number of fused-ring (bicyclic) bond motifs is 2. The van der Waals surface area contributed by atoms with E-state index in [9.17, 15) is 14.7 Å². The van der Waals surface area contributed by atoms with Crippen molar-refractivity contribution in [1.82, 2.24) is 19.9 Å². The molecule has 1 aliphatic carbocycles. The van der Waals surface area contributed by atoms with E-state index < -0.39 is 0 Å². The average molecular weight is 416 g/mol. The van der Waals surface area contributed by atoms with Gasteiger partial charge in [-0.25, -0.2) is 4.98 Å². The Hall–Kier alpha value is -3.48. The molecular weight excluding hydrogens is 392 g/mol. The van der Waals surface area contributed by atoms with E-state index in [-0.39, 0.29) is 29.1 Å². The van der Waals surface area contributed by atoms with Crippen LogP contribution in [0.25, 0.3) is 11.4 Å². The Morgan fingerprint density at radius 3 is 2.87 bits per heavy atom. The SMILES string of the molecule is O=C(Cc1ccccc1O)N1CCCC2(CCc3c2nc(-c2cccnc2)[nH]c3=O)C1. The van der Waals surface area contributed by atoms with E-state index in [1.165, 1.54) is 0 Å². The van der Waals surface area contributed by atoms with E-state index in [0.717, 1.165) is 36.1 Å². The molecule has 7 nitrogen and oxygen atoms in total. The third kappa shape index (κ3) is 3.50. The van der Waals surface area contributed by atoms with Gasteiger partial charge in [-0.3, -0.25) is 14.6 Å². The number of carbonyl (C=O) groups is 1. The zero-order valence-corrected chi connectivity index (χ0v) is 17.2. The summed E-state index contributed by atoms with van der Waals surface area (Å²) >= 11 is 0. The maximum absolute atomic E-state index is 13.0. The third-order valence-corrected chi connectivity index (χ3v) is 6.57. The lowest BCUT2D eigenvalue weighted by Crippen LogP contribution is -2.48. The molecule has 158 valence electrons. The van der Waals surface area contributed by atoms with Crippen molar-refractivity contribution in [3.63, 3.8) is 0 Å². The number of hydrogen-bond acceptors (Lipinski definition) is 5. The highest BCUT2D eigenvalue weighted by Crippen LogP contribution is 2.43. The largest absolute Gasteiger partial charge is 0.508 e. The molecule has 3 heterocycles. The zero-order valence-electron chi connectivity index (χ0n) is 17.2. The molecule has 2 aromatic heterocycles. The van der Waals surface area contributed by atoms with Gasteiger partial charge in [-0.05, 0) is 43.9 Å². The summed E-state index contributed by atoms with van der Waals surface area (Å²) in [7, 11) is 0. The van der Waals surface area contributed by atoms with E-state index in [0.29, 0.717) is 30.9 Å². The normalized spacial score (nSPS) is 20.1. The summed E-state index contributed by atoms with van der Waals surface area (Å²) in [6.07, 6.45) is 6.80. The molecule has 1 amide bonds. The lowest BCUT2D eigenvalue weighted by atomic mass is 9.77. The molecule has 2 aliphatic rings. The van der Waals surface area contributed by atoms with Crippen LogP contribution in [0.15, 0.2) is 53.6 Å². The molecule has 2 N–H and O–H groups in total. The van der Waals surface area contributed by atoms with Crippen molar-refractivity contribution in [2.24, 2.45) is 0 Å². The van der Waals surface area contributed by atoms with Gasteiger partial charge < -0.3 is 15.0 Å². The third-order valence-electron chi connectivity index (χ3n) is 6.57. The summed E-state index contributed by atoms with van der Waals surface area (Å²) < 4.78 is 0. The van der Waals surface area contributed by atoms with Crippen LogP contribution in [0.1, 0.15) is 36.1 Å². The Balaban J connectivity index is 1.45. The number of carbonyl (C=O) groups excluding carboxylic acids is 1. The van der Waals surface area contributed by atoms with Crippen molar-refractivity contribution in [3.05, 3.63) is 76.0 Å². The molecule has 1 aromatic carbocycles. The number of aromatic amines is 1. The first-order chi connectivity index (χ1) is 15.1. The number of nitrogens with zero attached hydrogens (tertiary/aromatic N) is 3. The van der Waals surface area contributed by atoms with Gasteiger partial charge in [0.2, 0.25) is 5.91 Å². The lowest BCUT2D eigenvalue weighted by Gasteiger charge is -2.40. The number of rotatable bonds is 3. The van der Waals surface area contributed by atoms with Gasteiger partial charge in [-0.15, -0.1) is 0 Å². The molecule has 1 fully saturated rings. The summed E-state index contributed by atoms with van der Waals surface area (Å²) in [5, 5.41) is 10.0. The van der Waals surface area contributed by atoms with Crippen LogP contribution in [-0.2, 0) is 23.1 Å². The second-order valence-corrected chi connectivity index (χ2v) is 8.49. The highest BCUT2D eigenvalue weighted by atomic mass is 16.3. The van der Waals surface area contributed by atoms with Gasteiger partial charge in [0.15, 0.2) is 0 Å². The number of likely N-dealkylation sites (tertiary alicyclic amines) is 1. The second-order valence-electron chi connectivity index (χ2n) is 8.49. The Morgan fingerprint density at radius 1 is 1.19 bits per heavy atom. The van der Waals surface area contributed by atoms with Crippen molar-refractivity contribution in [1.29, 1.82) is 0 Å². The van der Waals surface area contributed by atoms with Crippen LogP contribution in [0.5, 0.6) is 5.75 Å². The smallest absolute Gasteiger partial charge is 0.254 e. The molecule has 1 atom stereocenters. The van der Waals surface area contributed by atoms with Crippen LogP contribution in [0, 0.1) is 0 Å². The number of aromatic nitrogens is 3. The monoisotopic (exact) mass is 416 g/mol. The van der Waals surface area contributed by atoms with Crippen molar-refractivity contribution in [2.45, 2.75) is 37.5 Å². The fraction of sp³-hybridized carbons (Fsp3) is 0.333. The molecular formula is C24H24N4O3. The number of benzene rings is 1. The number of pyridine rings is 1. The Labute approximate surface area is 179 Å². The summed E-state index contributed by atoms with van der Waals surface area (Å²) in [6, 6.07) is 10.6. The van der Waals surface area contributed by atoms with E-state index in [1.807, 2.05) is 23.1 Å². The van der Waals surface area contributed by atoms with Gasteiger partial charge in [0.05, 0.1) is 12.1 Å².